The van der Waals surface area contributed by atoms with E-state index in [2.05, 4.69) is 109 Å². The summed E-state index contributed by atoms with van der Waals surface area (Å²) in [7, 11) is 0. The molecule has 0 radical (unpaired) electrons. The second-order valence-electron chi connectivity index (χ2n) is 11.3. The van der Waals surface area contributed by atoms with Crippen molar-refractivity contribution in [3.63, 3.8) is 0 Å². The van der Waals surface area contributed by atoms with Crippen molar-refractivity contribution in [2.24, 2.45) is 0 Å². The van der Waals surface area contributed by atoms with Crippen molar-refractivity contribution in [1.29, 1.82) is 0 Å². The van der Waals surface area contributed by atoms with Crippen LogP contribution in [-0.4, -0.2) is 9.38 Å². The van der Waals surface area contributed by atoms with Crippen LogP contribution in [0.1, 0.15) is 36.2 Å². The van der Waals surface area contributed by atoms with E-state index in [9.17, 15) is 0 Å². The van der Waals surface area contributed by atoms with Gasteiger partial charge in [0.15, 0.2) is 0 Å². The summed E-state index contributed by atoms with van der Waals surface area (Å²) < 4.78 is 2.34. The number of nitrogens with zero attached hydrogens (tertiary/aromatic N) is 2. The molecule has 0 amide bonds. The third-order valence-electron chi connectivity index (χ3n) is 8.79. The molecule has 2 aromatic heterocycles. The molecule has 0 fully saturated rings. The fourth-order valence-electron chi connectivity index (χ4n) is 6.91. The van der Waals surface area contributed by atoms with Gasteiger partial charge in [0.1, 0.15) is 5.65 Å². The molecule has 0 saturated heterocycles. The molecular formula is C37H27ClN2. The zero-order chi connectivity index (χ0) is 27.0. The Morgan fingerprint density at radius 1 is 0.675 bits per heavy atom. The van der Waals surface area contributed by atoms with Crippen molar-refractivity contribution in [2.45, 2.75) is 25.7 Å². The lowest BCUT2D eigenvalue weighted by molar-refractivity contribution is 0.660. The van der Waals surface area contributed by atoms with Crippen LogP contribution in [0.2, 0.25) is 5.02 Å². The molecule has 7 aromatic rings. The number of para-hydroxylation sites is 1. The van der Waals surface area contributed by atoms with E-state index in [1.165, 1.54) is 49.5 Å². The summed E-state index contributed by atoms with van der Waals surface area (Å²) in [4.78, 5) is 5.10. The van der Waals surface area contributed by atoms with Crippen molar-refractivity contribution in [3.05, 3.63) is 143 Å². The van der Waals surface area contributed by atoms with Gasteiger partial charge in [-0.1, -0.05) is 123 Å². The van der Waals surface area contributed by atoms with Crippen molar-refractivity contribution >= 4 is 38.9 Å². The molecule has 0 bridgehead atoms. The average molecular weight is 535 g/mol. The second-order valence-corrected chi connectivity index (χ2v) is 11.7. The van der Waals surface area contributed by atoms with Crippen LogP contribution < -0.4 is 0 Å². The lowest BCUT2D eigenvalue weighted by atomic mass is 9.82. The first-order chi connectivity index (χ1) is 19.5. The third kappa shape index (κ3) is 3.20. The highest BCUT2D eigenvalue weighted by Gasteiger charge is 2.36. The van der Waals surface area contributed by atoms with Gasteiger partial charge in [-0.2, -0.15) is 0 Å². The van der Waals surface area contributed by atoms with Gasteiger partial charge in [-0.15, -0.1) is 0 Å². The first-order valence-corrected chi connectivity index (χ1v) is 14.2. The SMILES string of the molecule is CC1(C)c2ccccc2-c2c(-c3cccc4c5ccccc5n5c(Cc6ccccc6Cl)cnc5c34)cccc21. The summed E-state index contributed by atoms with van der Waals surface area (Å²) in [5, 5.41) is 4.41. The zero-order valence-corrected chi connectivity index (χ0v) is 23.2. The number of benzene rings is 5. The highest BCUT2D eigenvalue weighted by molar-refractivity contribution is 6.31. The van der Waals surface area contributed by atoms with Crippen LogP contribution in [0.3, 0.4) is 0 Å². The van der Waals surface area contributed by atoms with Crippen molar-refractivity contribution in [3.8, 4) is 22.3 Å². The molecule has 192 valence electrons. The first-order valence-electron chi connectivity index (χ1n) is 13.8. The number of hydrogen-bond donors (Lipinski definition) is 0. The summed E-state index contributed by atoms with van der Waals surface area (Å²) in [5.41, 5.74) is 12.2. The Bertz CT molecular complexity index is 2130. The third-order valence-corrected chi connectivity index (χ3v) is 9.15. The normalized spacial score (nSPS) is 13.7. The molecule has 0 N–H and O–H groups in total. The summed E-state index contributed by atoms with van der Waals surface area (Å²) in [6, 6.07) is 39.1. The minimum atomic E-state index is -0.0516. The summed E-state index contributed by atoms with van der Waals surface area (Å²) in [5.74, 6) is 0. The maximum Gasteiger partial charge on any atom is 0.145 e. The van der Waals surface area contributed by atoms with Gasteiger partial charge in [0, 0.05) is 39.5 Å². The van der Waals surface area contributed by atoms with Crippen LogP contribution in [0.5, 0.6) is 0 Å². The van der Waals surface area contributed by atoms with Gasteiger partial charge < -0.3 is 0 Å². The first kappa shape index (κ1) is 23.5. The number of aromatic nitrogens is 2. The van der Waals surface area contributed by atoms with E-state index in [1.54, 1.807) is 0 Å². The maximum absolute atomic E-state index is 6.60. The van der Waals surface area contributed by atoms with Crippen LogP contribution in [-0.2, 0) is 11.8 Å². The fraction of sp³-hybridized carbons (Fsp3) is 0.108. The van der Waals surface area contributed by atoms with Crippen LogP contribution in [0, 0.1) is 0 Å². The Labute approximate surface area is 238 Å². The highest BCUT2D eigenvalue weighted by atomic mass is 35.5. The Morgan fingerprint density at radius 3 is 2.25 bits per heavy atom. The number of pyridine rings is 1. The molecule has 0 unspecified atom stereocenters. The molecule has 0 atom stereocenters. The Morgan fingerprint density at radius 2 is 1.35 bits per heavy atom. The summed E-state index contributed by atoms with van der Waals surface area (Å²) >= 11 is 6.60. The van der Waals surface area contributed by atoms with E-state index in [-0.39, 0.29) is 5.41 Å². The molecular weight excluding hydrogens is 508 g/mol. The van der Waals surface area contributed by atoms with E-state index < -0.39 is 0 Å². The van der Waals surface area contributed by atoms with Crippen LogP contribution in [0.15, 0.2) is 115 Å². The quantitative estimate of drug-likeness (QED) is 0.206. The number of fused-ring (bicyclic) bond motifs is 9. The monoisotopic (exact) mass is 534 g/mol. The van der Waals surface area contributed by atoms with Crippen LogP contribution in [0.4, 0.5) is 0 Å². The molecule has 1 aliphatic carbocycles. The zero-order valence-electron chi connectivity index (χ0n) is 22.4. The molecule has 40 heavy (non-hydrogen) atoms. The largest absolute Gasteiger partial charge is 0.296 e. The Balaban J connectivity index is 1.48. The summed E-state index contributed by atoms with van der Waals surface area (Å²) in [6.07, 6.45) is 2.73. The van der Waals surface area contributed by atoms with E-state index in [0.717, 1.165) is 27.4 Å². The van der Waals surface area contributed by atoms with Crippen molar-refractivity contribution < 1.29 is 0 Å². The van der Waals surface area contributed by atoms with E-state index in [1.807, 2.05) is 24.4 Å². The van der Waals surface area contributed by atoms with Crippen molar-refractivity contribution in [1.82, 2.24) is 9.38 Å². The predicted molar refractivity (Wildman–Crippen MR) is 167 cm³/mol. The lowest BCUT2D eigenvalue weighted by Crippen LogP contribution is -2.14. The van der Waals surface area contributed by atoms with E-state index >= 15 is 0 Å². The van der Waals surface area contributed by atoms with Crippen LogP contribution >= 0.6 is 11.6 Å². The fourth-order valence-corrected chi connectivity index (χ4v) is 7.11. The van der Waals surface area contributed by atoms with Crippen LogP contribution in [0.25, 0.3) is 49.6 Å². The van der Waals surface area contributed by atoms with Gasteiger partial charge in [0.05, 0.1) is 5.52 Å². The lowest BCUT2D eigenvalue weighted by Gasteiger charge is -2.22. The minimum absolute atomic E-state index is 0.0516. The standard InChI is InChI=1S/C37H27ClN2/c1-37(2)30-17-6-4-13-29(30)34-27(16-10-18-31(34)37)28-15-9-14-26-25-12-5-8-20-33(25)40-24(22-39-36(40)35(26)28)21-23-11-3-7-19-32(23)38/h3-20,22H,21H2,1-2H3. The molecule has 2 heterocycles. The number of halogens is 1. The van der Waals surface area contributed by atoms with Gasteiger partial charge >= 0.3 is 0 Å². The molecule has 3 heteroatoms. The molecule has 5 aromatic carbocycles. The number of hydrogen-bond acceptors (Lipinski definition) is 1. The van der Waals surface area contributed by atoms with Gasteiger partial charge in [0.25, 0.3) is 0 Å². The number of imidazole rings is 1. The molecule has 0 spiro atoms. The van der Waals surface area contributed by atoms with E-state index in [4.69, 9.17) is 16.6 Å². The molecule has 0 aliphatic heterocycles. The van der Waals surface area contributed by atoms with Gasteiger partial charge in [-0.05, 0) is 56.5 Å². The second kappa shape index (κ2) is 8.55. The number of rotatable bonds is 3. The smallest absolute Gasteiger partial charge is 0.145 e. The van der Waals surface area contributed by atoms with Gasteiger partial charge in [-0.3, -0.25) is 4.40 Å². The van der Waals surface area contributed by atoms with Crippen molar-refractivity contribution in [2.75, 3.05) is 0 Å². The molecule has 2 nitrogen and oxygen atoms in total. The van der Waals surface area contributed by atoms with Gasteiger partial charge in [0.2, 0.25) is 0 Å². The average Bonchev–Trinajstić information content (AvgIpc) is 3.51. The molecule has 1 aliphatic rings. The molecule has 0 saturated carbocycles. The summed E-state index contributed by atoms with van der Waals surface area (Å²) in [6.45, 7) is 4.68. The minimum Gasteiger partial charge on any atom is -0.296 e. The van der Waals surface area contributed by atoms with Gasteiger partial charge in [-0.25, -0.2) is 4.98 Å². The highest BCUT2D eigenvalue weighted by Crippen LogP contribution is 2.53. The topological polar surface area (TPSA) is 17.3 Å². The Kier molecular flexibility index (Phi) is 5.02. The Hall–Kier alpha value is -4.40. The molecule has 8 rings (SSSR count). The maximum atomic E-state index is 6.60. The predicted octanol–water partition coefficient (Wildman–Crippen LogP) is 9.86. The van der Waals surface area contributed by atoms with E-state index in [0.29, 0.717) is 6.42 Å².